The molecule has 3 rings (SSSR count). The van der Waals surface area contributed by atoms with Crippen molar-refractivity contribution in [2.45, 2.75) is 11.6 Å². The van der Waals surface area contributed by atoms with Gasteiger partial charge in [-0.25, -0.2) is 18.1 Å². The van der Waals surface area contributed by atoms with E-state index in [1.54, 1.807) is 48.9 Å². The fourth-order valence-electron chi connectivity index (χ4n) is 2.01. The smallest absolute Gasteiger partial charge is 0.260 e. The lowest BCUT2D eigenvalue weighted by Gasteiger charge is -2.07. The van der Waals surface area contributed by atoms with Crippen LogP contribution in [-0.2, 0) is 16.6 Å². The van der Waals surface area contributed by atoms with Crippen LogP contribution in [0.3, 0.4) is 0 Å². The largest absolute Gasteiger partial charge is 0.381 e. The second-order valence-corrected chi connectivity index (χ2v) is 6.09. The molecule has 3 aromatic heterocycles. The summed E-state index contributed by atoms with van der Waals surface area (Å²) >= 11 is 0. The third-order valence-corrected chi connectivity index (χ3v) is 4.42. The molecule has 3 aromatic rings. The van der Waals surface area contributed by atoms with Gasteiger partial charge in [0.25, 0.3) is 10.0 Å². The Balaban J connectivity index is 1.95. The Bertz CT molecular complexity index is 874. The van der Waals surface area contributed by atoms with E-state index in [1.807, 2.05) is 0 Å². The van der Waals surface area contributed by atoms with Crippen LogP contribution in [0, 0.1) is 0 Å². The molecule has 0 aliphatic rings. The van der Waals surface area contributed by atoms with E-state index in [4.69, 9.17) is 5.73 Å². The first-order valence-corrected chi connectivity index (χ1v) is 7.67. The molecule has 0 saturated heterocycles. The zero-order valence-corrected chi connectivity index (χ0v) is 11.8. The number of nitrogens with one attached hydrogen (secondary N) is 1. The molecule has 8 heteroatoms. The van der Waals surface area contributed by atoms with Crippen LogP contribution in [0.5, 0.6) is 0 Å². The maximum atomic E-state index is 12.4. The van der Waals surface area contributed by atoms with E-state index in [0.29, 0.717) is 5.65 Å². The third-order valence-electron chi connectivity index (χ3n) is 2.98. The van der Waals surface area contributed by atoms with Crippen molar-refractivity contribution in [3.8, 4) is 0 Å². The van der Waals surface area contributed by atoms with Gasteiger partial charge in [-0.1, -0.05) is 6.07 Å². The lowest BCUT2D eigenvalue weighted by molar-refractivity contribution is 0.577. The molecule has 21 heavy (non-hydrogen) atoms. The van der Waals surface area contributed by atoms with Crippen LogP contribution in [0.15, 0.2) is 53.9 Å². The van der Waals surface area contributed by atoms with Crippen molar-refractivity contribution in [3.63, 3.8) is 0 Å². The standard InChI is InChI=1S/C13H13N5O2S/c14-12-13(18-8-2-1-3-11(18)17-12)21(19,20)16-9-10-4-6-15-7-5-10/h1-8,16H,9,14H2. The van der Waals surface area contributed by atoms with Gasteiger partial charge in [-0.15, -0.1) is 0 Å². The Hall–Kier alpha value is -2.45. The average molecular weight is 303 g/mol. The number of rotatable bonds is 4. The fraction of sp³-hybridized carbons (Fsp3) is 0.0769. The Kier molecular flexibility index (Phi) is 3.32. The summed E-state index contributed by atoms with van der Waals surface area (Å²) in [5.74, 6) is -0.0246. The number of hydrogen-bond acceptors (Lipinski definition) is 5. The minimum absolute atomic E-state index is 0.0246. The first kappa shape index (κ1) is 13.5. The lowest BCUT2D eigenvalue weighted by atomic mass is 10.3. The summed E-state index contributed by atoms with van der Waals surface area (Å²) in [6.45, 7) is 0.157. The monoisotopic (exact) mass is 303 g/mol. The number of nitrogens with two attached hydrogens (primary N) is 1. The SMILES string of the molecule is Nc1nc2ccccn2c1S(=O)(=O)NCc1ccncc1. The molecule has 0 aromatic carbocycles. The highest BCUT2D eigenvalue weighted by molar-refractivity contribution is 7.89. The number of pyridine rings is 2. The summed E-state index contributed by atoms with van der Waals surface area (Å²) in [6, 6.07) is 8.65. The van der Waals surface area contributed by atoms with Crippen LogP contribution in [0.4, 0.5) is 5.82 Å². The number of hydrogen-bond donors (Lipinski definition) is 2. The summed E-state index contributed by atoms with van der Waals surface area (Å²) in [6.07, 6.45) is 4.82. The molecule has 0 aliphatic carbocycles. The normalized spacial score (nSPS) is 11.8. The topological polar surface area (TPSA) is 102 Å². The number of anilines is 1. The van der Waals surface area contributed by atoms with Gasteiger partial charge in [0.2, 0.25) is 0 Å². The maximum absolute atomic E-state index is 12.4. The molecule has 0 aliphatic heterocycles. The summed E-state index contributed by atoms with van der Waals surface area (Å²) in [5, 5.41) is -0.0489. The highest BCUT2D eigenvalue weighted by atomic mass is 32.2. The quantitative estimate of drug-likeness (QED) is 0.742. The lowest BCUT2D eigenvalue weighted by Crippen LogP contribution is -2.25. The second-order valence-electron chi connectivity index (χ2n) is 4.41. The first-order valence-electron chi connectivity index (χ1n) is 6.19. The second kappa shape index (κ2) is 5.15. The maximum Gasteiger partial charge on any atom is 0.260 e. The molecule has 0 amide bonds. The third kappa shape index (κ3) is 2.58. The zero-order valence-electron chi connectivity index (χ0n) is 11.0. The predicted octanol–water partition coefficient (Wildman–Crippen LogP) is 0.790. The van der Waals surface area contributed by atoms with Gasteiger partial charge in [0.15, 0.2) is 10.8 Å². The van der Waals surface area contributed by atoms with Crippen molar-refractivity contribution in [2.75, 3.05) is 5.73 Å². The van der Waals surface area contributed by atoms with E-state index in [9.17, 15) is 8.42 Å². The summed E-state index contributed by atoms with van der Waals surface area (Å²) in [5.41, 5.74) is 7.04. The predicted molar refractivity (Wildman–Crippen MR) is 77.9 cm³/mol. The number of sulfonamides is 1. The van der Waals surface area contributed by atoms with E-state index in [2.05, 4.69) is 14.7 Å². The molecular formula is C13H13N5O2S. The number of nitrogens with zero attached hydrogens (tertiary/aromatic N) is 3. The molecule has 3 heterocycles. The number of fused-ring (bicyclic) bond motifs is 1. The minimum atomic E-state index is -3.77. The molecule has 108 valence electrons. The van der Waals surface area contributed by atoms with Crippen molar-refractivity contribution in [1.82, 2.24) is 19.1 Å². The zero-order chi connectivity index (χ0) is 14.9. The van der Waals surface area contributed by atoms with Crippen LogP contribution < -0.4 is 10.5 Å². The summed E-state index contributed by atoms with van der Waals surface area (Å²) < 4.78 is 28.8. The molecule has 0 saturated carbocycles. The van der Waals surface area contributed by atoms with Crippen molar-refractivity contribution in [3.05, 3.63) is 54.5 Å². The summed E-state index contributed by atoms with van der Waals surface area (Å²) in [7, 11) is -3.77. The van der Waals surface area contributed by atoms with Crippen LogP contribution in [0.1, 0.15) is 5.56 Å². The summed E-state index contributed by atoms with van der Waals surface area (Å²) in [4.78, 5) is 7.93. The highest BCUT2D eigenvalue weighted by Gasteiger charge is 2.23. The Morgan fingerprint density at radius 1 is 1.19 bits per heavy atom. The molecule has 0 spiro atoms. The Morgan fingerprint density at radius 3 is 2.71 bits per heavy atom. The van der Waals surface area contributed by atoms with E-state index in [1.165, 1.54) is 4.40 Å². The van der Waals surface area contributed by atoms with Crippen LogP contribution in [0.2, 0.25) is 0 Å². The van der Waals surface area contributed by atoms with E-state index in [0.717, 1.165) is 5.56 Å². The molecular weight excluding hydrogens is 290 g/mol. The van der Waals surface area contributed by atoms with Gasteiger partial charge in [0.05, 0.1) is 0 Å². The van der Waals surface area contributed by atoms with Crippen LogP contribution in [-0.4, -0.2) is 22.8 Å². The van der Waals surface area contributed by atoms with Gasteiger partial charge in [0.1, 0.15) is 5.65 Å². The Morgan fingerprint density at radius 2 is 1.95 bits per heavy atom. The van der Waals surface area contributed by atoms with E-state index in [-0.39, 0.29) is 17.4 Å². The molecule has 0 radical (unpaired) electrons. The van der Waals surface area contributed by atoms with Crippen LogP contribution in [0.25, 0.3) is 5.65 Å². The van der Waals surface area contributed by atoms with Gasteiger partial charge in [0, 0.05) is 25.1 Å². The number of aromatic nitrogens is 3. The van der Waals surface area contributed by atoms with Crippen molar-refractivity contribution in [2.24, 2.45) is 0 Å². The molecule has 3 N–H and O–H groups in total. The van der Waals surface area contributed by atoms with Gasteiger partial charge in [-0.2, -0.15) is 0 Å². The van der Waals surface area contributed by atoms with Gasteiger partial charge < -0.3 is 5.73 Å². The Labute approximate surface area is 121 Å². The van der Waals surface area contributed by atoms with Crippen molar-refractivity contribution in [1.29, 1.82) is 0 Å². The molecule has 7 nitrogen and oxygen atoms in total. The minimum Gasteiger partial charge on any atom is -0.381 e. The number of nitrogen functional groups attached to an aromatic ring is 1. The highest BCUT2D eigenvalue weighted by Crippen LogP contribution is 2.19. The average Bonchev–Trinajstić information content (AvgIpc) is 2.83. The van der Waals surface area contributed by atoms with Crippen LogP contribution >= 0.6 is 0 Å². The first-order chi connectivity index (χ1) is 10.1. The van der Waals surface area contributed by atoms with E-state index < -0.39 is 10.0 Å². The fourth-order valence-corrected chi connectivity index (χ4v) is 3.23. The van der Waals surface area contributed by atoms with Crippen molar-refractivity contribution >= 4 is 21.5 Å². The van der Waals surface area contributed by atoms with E-state index >= 15 is 0 Å². The van der Waals surface area contributed by atoms with Crippen molar-refractivity contribution < 1.29 is 8.42 Å². The molecule has 0 fully saturated rings. The molecule has 0 unspecified atom stereocenters. The van der Waals surface area contributed by atoms with Gasteiger partial charge >= 0.3 is 0 Å². The van der Waals surface area contributed by atoms with Gasteiger partial charge in [-0.05, 0) is 29.8 Å². The molecule has 0 bridgehead atoms. The van der Waals surface area contributed by atoms with Gasteiger partial charge in [-0.3, -0.25) is 9.38 Å². The number of imidazole rings is 1. The molecule has 0 atom stereocenters.